The zero-order chi connectivity index (χ0) is 19.4. The second kappa shape index (κ2) is 6.26. The van der Waals surface area contributed by atoms with Crippen molar-refractivity contribution in [1.29, 1.82) is 0 Å². The van der Waals surface area contributed by atoms with Crippen molar-refractivity contribution in [3.63, 3.8) is 0 Å². The van der Waals surface area contributed by atoms with E-state index in [0.29, 0.717) is 17.9 Å². The molecule has 0 radical (unpaired) electrons. The standard InChI is InChI=1S/C24H23NO3/c1-25-18-10-7-15-5-4-14-6-9-17(24(18)23(14)15)20(26)13-19(25)16-8-11-21(27-2)22(12-16)28-3/h6-12,19H,4-5,13H2,1-3H3. The zero-order valence-electron chi connectivity index (χ0n) is 16.4. The van der Waals surface area contributed by atoms with Crippen molar-refractivity contribution in [3.8, 4) is 11.5 Å². The lowest BCUT2D eigenvalue weighted by Crippen LogP contribution is -2.24. The van der Waals surface area contributed by atoms with E-state index in [0.717, 1.165) is 35.0 Å². The Bertz CT molecular complexity index is 1110. The number of Topliss-reactive ketones (excluding diaryl/α,β-unsaturated/α-hetero) is 1. The van der Waals surface area contributed by atoms with Crippen LogP contribution >= 0.6 is 0 Å². The number of carbonyl (C=O) groups excluding carboxylic acids is 1. The third kappa shape index (κ3) is 2.34. The number of hydrogen-bond acceptors (Lipinski definition) is 4. The molecule has 0 amide bonds. The molecule has 28 heavy (non-hydrogen) atoms. The molecule has 0 spiro atoms. The summed E-state index contributed by atoms with van der Waals surface area (Å²) in [4.78, 5) is 15.5. The summed E-state index contributed by atoms with van der Waals surface area (Å²) in [6.45, 7) is 0. The summed E-state index contributed by atoms with van der Waals surface area (Å²) in [5, 5.41) is 2.42. The predicted molar refractivity (Wildman–Crippen MR) is 111 cm³/mol. The first-order valence-electron chi connectivity index (χ1n) is 9.67. The van der Waals surface area contributed by atoms with Crippen LogP contribution in [-0.4, -0.2) is 27.1 Å². The number of hydrogen-bond donors (Lipinski definition) is 0. The van der Waals surface area contributed by atoms with E-state index < -0.39 is 0 Å². The first-order valence-corrected chi connectivity index (χ1v) is 9.67. The molecule has 1 aliphatic heterocycles. The first kappa shape index (κ1) is 17.1. The predicted octanol–water partition coefficient (Wildman–Crippen LogP) is 4.72. The summed E-state index contributed by atoms with van der Waals surface area (Å²) in [7, 11) is 5.36. The van der Waals surface area contributed by atoms with Gasteiger partial charge in [0, 0.05) is 30.1 Å². The Morgan fingerprint density at radius 3 is 2.32 bits per heavy atom. The van der Waals surface area contributed by atoms with Gasteiger partial charge in [0.25, 0.3) is 0 Å². The Morgan fingerprint density at radius 2 is 1.61 bits per heavy atom. The summed E-state index contributed by atoms with van der Waals surface area (Å²) in [5.41, 5.74) is 5.76. The minimum absolute atomic E-state index is 0.0574. The molecular weight excluding hydrogens is 350 g/mol. The van der Waals surface area contributed by atoms with Crippen LogP contribution in [0.1, 0.15) is 39.5 Å². The Kier molecular flexibility index (Phi) is 3.83. The van der Waals surface area contributed by atoms with E-state index in [1.54, 1.807) is 14.2 Å². The normalized spacial score (nSPS) is 17.8. The van der Waals surface area contributed by atoms with Gasteiger partial charge >= 0.3 is 0 Å². The van der Waals surface area contributed by atoms with Gasteiger partial charge in [-0.15, -0.1) is 0 Å². The van der Waals surface area contributed by atoms with Gasteiger partial charge in [-0.2, -0.15) is 0 Å². The summed E-state index contributed by atoms with van der Waals surface area (Å²) in [5.74, 6) is 1.57. The maximum atomic E-state index is 13.3. The lowest BCUT2D eigenvalue weighted by Gasteiger charge is -2.29. The number of aryl methyl sites for hydroxylation is 2. The van der Waals surface area contributed by atoms with Crippen molar-refractivity contribution < 1.29 is 14.3 Å². The second-order valence-corrected chi connectivity index (χ2v) is 7.63. The summed E-state index contributed by atoms with van der Waals surface area (Å²) < 4.78 is 10.9. The highest BCUT2D eigenvalue weighted by molar-refractivity contribution is 6.16. The lowest BCUT2D eigenvalue weighted by molar-refractivity contribution is 0.0976. The second-order valence-electron chi connectivity index (χ2n) is 7.63. The van der Waals surface area contributed by atoms with Gasteiger partial charge in [0.05, 0.1) is 20.3 Å². The highest BCUT2D eigenvalue weighted by Gasteiger charge is 2.31. The van der Waals surface area contributed by atoms with Gasteiger partial charge in [0.1, 0.15) is 0 Å². The molecule has 3 aromatic rings. The molecule has 4 heteroatoms. The number of ketones is 1. The molecule has 1 aliphatic carbocycles. The molecular formula is C24H23NO3. The number of nitrogens with zero attached hydrogens (tertiary/aromatic N) is 1. The molecule has 4 nitrogen and oxygen atoms in total. The molecule has 0 saturated carbocycles. The number of benzene rings is 3. The van der Waals surface area contributed by atoms with Crippen LogP contribution in [0, 0.1) is 0 Å². The minimum Gasteiger partial charge on any atom is -0.493 e. The third-order valence-electron chi connectivity index (χ3n) is 6.29. The van der Waals surface area contributed by atoms with Crippen molar-refractivity contribution >= 4 is 22.2 Å². The Labute approximate surface area is 164 Å². The molecule has 1 heterocycles. The molecule has 0 fully saturated rings. The van der Waals surface area contributed by atoms with Gasteiger partial charge < -0.3 is 14.4 Å². The van der Waals surface area contributed by atoms with E-state index >= 15 is 0 Å². The average molecular weight is 373 g/mol. The van der Waals surface area contributed by atoms with Crippen molar-refractivity contribution in [2.45, 2.75) is 25.3 Å². The monoisotopic (exact) mass is 373 g/mol. The fourth-order valence-corrected chi connectivity index (χ4v) is 4.83. The maximum absolute atomic E-state index is 13.3. The summed E-state index contributed by atoms with van der Waals surface area (Å²) in [6, 6.07) is 14.5. The summed E-state index contributed by atoms with van der Waals surface area (Å²) in [6.07, 6.45) is 2.56. The van der Waals surface area contributed by atoms with Crippen LogP contribution in [0.3, 0.4) is 0 Å². The van der Waals surface area contributed by atoms with Crippen molar-refractivity contribution in [2.75, 3.05) is 26.2 Å². The van der Waals surface area contributed by atoms with Gasteiger partial charge in [-0.3, -0.25) is 4.79 Å². The number of methoxy groups -OCH3 is 2. The van der Waals surface area contributed by atoms with Crippen LogP contribution in [0.25, 0.3) is 10.8 Å². The van der Waals surface area contributed by atoms with E-state index in [9.17, 15) is 4.79 Å². The largest absolute Gasteiger partial charge is 0.493 e. The van der Waals surface area contributed by atoms with Crippen molar-refractivity contribution in [1.82, 2.24) is 0 Å². The van der Waals surface area contributed by atoms with Crippen LogP contribution in [0.5, 0.6) is 11.5 Å². The molecule has 5 rings (SSSR count). The average Bonchev–Trinajstić information content (AvgIpc) is 3.11. The van der Waals surface area contributed by atoms with Gasteiger partial charge in [-0.1, -0.05) is 24.3 Å². The zero-order valence-corrected chi connectivity index (χ0v) is 16.4. The molecule has 1 unspecified atom stereocenters. The summed E-state index contributed by atoms with van der Waals surface area (Å²) >= 11 is 0. The van der Waals surface area contributed by atoms with E-state index in [1.165, 1.54) is 16.5 Å². The van der Waals surface area contributed by atoms with Crippen LogP contribution in [0.2, 0.25) is 0 Å². The minimum atomic E-state index is -0.0574. The fraction of sp³-hybridized carbons (Fsp3) is 0.292. The molecule has 0 bridgehead atoms. The number of anilines is 1. The third-order valence-corrected chi connectivity index (χ3v) is 6.29. The van der Waals surface area contributed by atoms with Crippen LogP contribution in [0.4, 0.5) is 5.69 Å². The quantitative estimate of drug-likeness (QED) is 0.666. The fourth-order valence-electron chi connectivity index (χ4n) is 4.83. The van der Waals surface area contributed by atoms with Gasteiger partial charge in [0.15, 0.2) is 17.3 Å². The molecule has 0 aromatic heterocycles. The van der Waals surface area contributed by atoms with Gasteiger partial charge in [-0.25, -0.2) is 0 Å². The molecule has 142 valence electrons. The first-order chi connectivity index (χ1) is 13.6. The lowest BCUT2D eigenvalue weighted by atomic mass is 9.95. The molecule has 3 aromatic carbocycles. The Hall–Kier alpha value is -3.01. The van der Waals surface area contributed by atoms with E-state index in [-0.39, 0.29) is 11.8 Å². The highest BCUT2D eigenvalue weighted by atomic mass is 16.5. The topological polar surface area (TPSA) is 38.8 Å². The number of carbonyl (C=O) groups is 1. The highest BCUT2D eigenvalue weighted by Crippen LogP contribution is 2.45. The number of rotatable bonds is 3. The van der Waals surface area contributed by atoms with E-state index in [4.69, 9.17) is 9.47 Å². The van der Waals surface area contributed by atoms with Crippen LogP contribution in [0.15, 0.2) is 42.5 Å². The van der Waals surface area contributed by atoms with E-state index in [1.807, 2.05) is 24.3 Å². The Morgan fingerprint density at radius 1 is 0.893 bits per heavy atom. The molecule has 0 N–H and O–H groups in total. The van der Waals surface area contributed by atoms with Crippen LogP contribution < -0.4 is 14.4 Å². The molecule has 2 aliphatic rings. The van der Waals surface area contributed by atoms with Gasteiger partial charge in [-0.05, 0) is 53.1 Å². The van der Waals surface area contributed by atoms with Crippen molar-refractivity contribution in [2.24, 2.45) is 0 Å². The smallest absolute Gasteiger partial charge is 0.165 e. The molecule has 0 saturated heterocycles. The van der Waals surface area contributed by atoms with Gasteiger partial charge in [0.2, 0.25) is 0 Å². The van der Waals surface area contributed by atoms with Crippen molar-refractivity contribution in [3.05, 3.63) is 64.7 Å². The van der Waals surface area contributed by atoms with E-state index in [2.05, 4.69) is 30.1 Å². The van der Waals surface area contributed by atoms with Crippen LogP contribution in [-0.2, 0) is 12.8 Å². The molecule has 1 atom stereocenters. The SMILES string of the molecule is COc1ccc(C2CC(=O)c3ccc4c5c(ccc(c35)N2C)CC4)cc1OC. The number of ether oxygens (including phenoxy) is 2. The maximum Gasteiger partial charge on any atom is 0.165 e. The Balaban J connectivity index is 1.69.